The molecule has 1 N–H and O–H groups in total. The summed E-state index contributed by atoms with van der Waals surface area (Å²) in [7, 11) is 0. The van der Waals surface area contributed by atoms with Crippen LogP contribution in [0.2, 0.25) is 0 Å². The third-order valence-electron chi connectivity index (χ3n) is 4.99. The topological polar surface area (TPSA) is 80.8 Å². The Morgan fingerprint density at radius 2 is 2.03 bits per heavy atom. The fourth-order valence-electron chi connectivity index (χ4n) is 3.45. The first-order valence-electron chi connectivity index (χ1n) is 9.99. The van der Waals surface area contributed by atoms with Crippen LogP contribution in [0.5, 0.6) is 0 Å². The molecule has 1 amide bonds. The average molecular weight is 415 g/mol. The third-order valence-corrected chi connectivity index (χ3v) is 4.99. The molecule has 1 saturated heterocycles. The Labute approximate surface area is 175 Å². The lowest BCUT2D eigenvalue weighted by molar-refractivity contribution is 0.0161. The second-order valence-corrected chi connectivity index (χ2v) is 6.98. The van der Waals surface area contributed by atoms with Crippen molar-refractivity contribution in [2.24, 2.45) is 0 Å². The number of ether oxygens (including phenoxy) is 2. The van der Waals surface area contributed by atoms with Crippen molar-refractivity contribution in [3.05, 3.63) is 64.7 Å². The summed E-state index contributed by atoms with van der Waals surface area (Å²) in [6.07, 6.45) is 0. The van der Waals surface area contributed by atoms with Gasteiger partial charge < -0.3 is 14.8 Å². The number of esters is 1. The molecule has 30 heavy (non-hydrogen) atoms. The van der Waals surface area contributed by atoms with Gasteiger partial charge in [-0.3, -0.25) is 9.69 Å². The molecule has 8 heteroatoms. The summed E-state index contributed by atoms with van der Waals surface area (Å²) in [5, 5.41) is 2.89. The van der Waals surface area contributed by atoms with Crippen LogP contribution in [0.25, 0.3) is 0 Å². The number of morpholine rings is 1. The quantitative estimate of drug-likeness (QED) is 0.700. The van der Waals surface area contributed by atoms with Gasteiger partial charge in [0.2, 0.25) is 0 Å². The lowest BCUT2D eigenvalue weighted by Gasteiger charge is -2.34. The number of amides is 1. The Balaban J connectivity index is 1.72. The van der Waals surface area contributed by atoms with Crippen LogP contribution in [0, 0.1) is 12.7 Å². The average Bonchev–Trinajstić information content (AvgIpc) is 2.74. The van der Waals surface area contributed by atoms with E-state index in [2.05, 4.69) is 15.2 Å². The Morgan fingerprint density at radius 3 is 2.70 bits per heavy atom. The number of benzene rings is 1. The van der Waals surface area contributed by atoms with Gasteiger partial charge in [-0.1, -0.05) is 12.1 Å². The molecule has 160 valence electrons. The fourth-order valence-corrected chi connectivity index (χ4v) is 3.45. The van der Waals surface area contributed by atoms with Crippen LogP contribution in [0.15, 0.2) is 36.4 Å². The summed E-state index contributed by atoms with van der Waals surface area (Å²) >= 11 is 0. The zero-order valence-corrected chi connectivity index (χ0v) is 17.2. The van der Waals surface area contributed by atoms with Crippen LogP contribution in [0.4, 0.5) is 4.39 Å². The van der Waals surface area contributed by atoms with Crippen LogP contribution >= 0.6 is 0 Å². The first kappa shape index (κ1) is 21.9. The highest BCUT2D eigenvalue weighted by atomic mass is 19.1. The summed E-state index contributed by atoms with van der Waals surface area (Å²) in [6, 6.07) is 9.26. The zero-order chi connectivity index (χ0) is 21.5. The van der Waals surface area contributed by atoms with E-state index in [1.54, 1.807) is 26.0 Å². The summed E-state index contributed by atoms with van der Waals surface area (Å²) in [5.74, 6) is -1.14. The molecular formula is C22H26FN3O4. The Hall–Kier alpha value is -2.84. The van der Waals surface area contributed by atoms with Gasteiger partial charge in [-0.15, -0.1) is 0 Å². The van der Waals surface area contributed by atoms with Crippen molar-refractivity contribution >= 4 is 11.9 Å². The molecule has 1 atom stereocenters. The predicted octanol–water partition coefficient (Wildman–Crippen LogP) is 2.51. The predicted molar refractivity (Wildman–Crippen MR) is 109 cm³/mol. The standard InChI is InChI=1S/C22H26FN3O4/c1-3-30-22(28)18-7-8-19(25-15(18)2)21(27)24-14-20(26-9-11-29-12-10-26)16-5-4-6-17(23)13-16/h4-8,13,20H,3,9-12,14H2,1-2H3,(H,24,27). The number of rotatable bonds is 7. The largest absolute Gasteiger partial charge is 0.462 e. The number of carbonyl (C=O) groups is 2. The molecule has 1 fully saturated rings. The van der Waals surface area contributed by atoms with Crippen molar-refractivity contribution in [3.63, 3.8) is 0 Å². The van der Waals surface area contributed by atoms with Crippen LogP contribution in [0.1, 0.15) is 45.1 Å². The molecule has 1 unspecified atom stereocenters. The summed E-state index contributed by atoms with van der Waals surface area (Å²) in [5.41, 5.74) is 1.76. The monoisotopic (exact) mass is 415 g/mol. The molecule has 0 radical (unpaired) electrons. The summed E-state index contributed by atoms with van der Waals surface area (Å²) < 4.78 is 24.2. The molecule has 1 aromatic heterocycles. The van der Waals surface area contributed by atoms with Gasteiger partial charge in [0.25, 0.3) is 5.91 Å². The van der Waals surface area contributed by atoms with Gasteiger partial charge in [-0.25, -0.2) is 14.2 Å². The second kappa shape index (κ2) is 10.3. The smallest absolute Gasteiger partial charge is 0.339 e. The van der Waals surface area contributed by atoms with E-state index in [9.17, 15) is 14.0 Å². The number of halogens is 1. The summed E-state index contributed by atoms with van der Waals surface area (Å²) in [6.45, 7) is 6.53. The first-order chi connectivity index (χ1) is 14.5. The van der Waals surface area contributed by atoms with E-state index in [0.717, 1.165) is 5.56 Å². The minimum absolute atomic E-state index is 0.187. The molecule has 1 aliphatic heterocycles. The van der Waals surface area contributed by atoms with Crippen LogP contribution in [-0.2, 0) is 9.47 Å². The van der Waals surface area contributed by atoms with Gasteiger partial charge in [-0.2, -0.15) is 0 Å². The van der Waals surface area contributed by atoms with E-state index >= 15 is 0 Å². The number of hydrogen-bond donors (Lipinski definition) is 1. The molecule has 1 aromatic carbocycles. The van der Waals surface area contributed by atoms with Gasteiger partial charge in [-0.05, 0) is 43.7 Å². The lowest BCUT2D eigenvalue weighted by atomic mass is 10.0. The van der Waals surface area contributed by atoms with Crippen molar-refractivity contribution in [2.75, 3.05) is 39.5 Å². The SMILES string of the molecule is CCOC(=O)c1ccc(C(=O)NCC(c2cccc(F)c2)N2CCOCC2)nc1C. The number of nitrogens with one attached hydrogen (secondary N) is 1. The van der Waals surface area contributed by atoms with Gasteiger partial charge >= 0.3 is 5.97 Å². The highest BCUT2D eigenvalue weighted by Gasteiger charge is 2.24. The zero-order valence-electron chi connectivity index (χ0n) is 17.2. The molecule has 0 saturated carbocycles. The fraction of sp³-hybridized carbons (Fsp3) is 0.409. The Bertz CT molecular complexity index is 900. The first-order valence-corrected chi connectivity index (χ1v) is 9.99. The van der Waals surface area contributed by atoms with Crippen molar-refractivity contribution in [2.45, 2.75) is 19.9 Å². The van der Waals surface area contributed by atoms with Crippen LogP contribution in [-0.4, -0.2) is 61.2 Å². The van der Waals surface area contributed by atoms with Crippen molar-refractivity contribution in [3.8, 4) is 0 Å². The molecule has 7 nitrogen and oxygen atoms in total. The molecule has 1 aliphatic rings. The molecule has 0 aliphatic carbocycles. The van der Waals surface area contributed by atoms with Gasteiger partial charge in [0, 0.05) is 19.6 Å². The van der Waals surface area contributed by atoms with E-state index in [0.29, 0.717) is 44.1 Å². The number of hydrogen-bond acceptors (Lipinski definition) is 6. The molecule has 2 aromatic rings. The number of nitrogens with zero attached hydrogens (tertiary/aromatic N) is 2. The minimum Gasteiger partial charge on any atom is -0.462 e. The molecule has 0 spiro atoms. The van der Waals surface area contributed by atoms with Crippen molar-refractivity contribution in [1.82, 2.24) is 15.2 Å². The maximum atomic E-state index is 13.8. The van der Waals surface area contributed by atoms with E-state index in [4.69, 9.17) is 9.47 Å². The van der Waals surface area contributed by atoms with Crippen LogP contribution in [0.3, 0.4) is 0 Å². The third kappa shape index (κ3) is 5.40. The van der Waals surface area contributed by atoms with E-state index in [-0.39, 0.29) is 30.1 Å². The second-order valence-electron chi connectivity index (χ2n) is 6.98. The summed E-state index contributed by atoms with van der Waals surface area (Å²) in [4.78, 5) is 31.0. The number of pyridine rings is 1. The maximum absolute atomic E-state index is 13.8. The van der Waals surface area contributed by atoms with Crippen LogP contribution < -0.4 is 5.32 Å². The van der Waals surface area contributed by atoms with Crippen molar-refractivity contribution in [1.29, 1.82) is 0 Å². The highest BCUT2D eigenvalue weighted by molar-refractivity contribution is 5.95. The lowest BCUT2D eigenvalue weighted by Crippen LogP contribution is -2.44. The minimum atomic E-state index is -0.465. The normalized spacial score (nSPS) is 15.4. The van der Waals surface area contributed by atoms with Gasteiger partial charge in [0.05, 0.1) is 37.1 Å². The molecular weight excluding hydrogens is 389 g/mol. The highest BCUT2D eigenvalue weighted by Crippen LogP contribution is 2.22. The van der Waals surface area contributed by atoms with Crippen molar-refractivity contribution < 1.29 is 23.5 Å². The number of carbonyl (C=O) groups excluding carboxylic acids is 2. The van der Waals surface area contributed by atoms with Gasteiger partial charge in [0.15, 0.2) is 0 Å². The number of aromatic nitrogens is 1. The van der Waals surface area contributed by atoms with Gasteiger partial charge in [0.1, 0.15) is 11.5 Å². The molecule has 2 heterocycles. The van der Waals surface area contributed by atoms with E-state index in [1.807, 2.05) is 6.07 Å². The Morgan fingerprint density at radius 1 is 1.27 bits per heavy atom. The van der Waals surface area contributed by atoms with E-state index in [1.165, 1.54) is 18.2 Å². The number of aryl methyl sites for hydroxylation is 1. The van der Waals surface area contributed by atoms with E-state index < -0.39 is 5.97 Å². The molecule has 3 rings (SSSR count). The molecule has 0 bridgehead atoms. The Kier molecular flexibility index (Phi) is 7.48. The maximum Gasteiger partial charge on any atom is 0.339 e.